The Labute approximate surface area is 111 Å². The number of para-hydroxylation sites is 1. The minimum absolute atomic E-state index is 0.121. The molecule has 0 radical (unpaired) electrons. The molecule has 3 nitrogen and oxygen atoms in total. The molecule has 2 aromatic rings. The molecule has 0 bridgehead atoms. The van der Waals surface area contributed by atoms with Crippen LogP contribution in [-0.4, -0.2) is 17.4 Å². The van der Waals surface area contributed by atoms with E-state index in [1.54, 1.807) is 21.7 Å². The summed E-state index contributed by atoms with van der Waals surface area (Å²) in [6.07, 6.45) is 0.430. The van der Waals surface area contributed by atoms with Crippen molar-refractivity contribution in [2.45, 2.75) is 20.3 Å². The number of carbonyl (C=O) groups excluding carboxylic acids is 1. The van der Waals surface area contributed by atoms with Crippen molar-refractivity contribution in [3.63, 3.8) is 0 Å². The maximum atomic E-state index is 12.3. The molecule has 94 valence electrons. The van der Waals surface area contributed by atoms with Crippen molar-refractivity contribution in [1.82, 2.24) is 4.98 Å². The molecule has 0 aliphatic heterocycles. The average Bonchev–Trinajstić information content (AvgIpc) is 2.77. The summed E-state index contributed by atoms with van der Waals surface area (Å²) in [7, 11) is 0. The van der Waals surface area contributed by atoms with Crippen LogP contribution >= 0.6 is 11.3 Å². The van der Waals surface area contributed by atoms with Gasteiger partial charge in [0, 0.05) is 17.1 Å². The van der Waals surface area contributed by atoms with Crippen molar-refractivity contribution in [2.75, 3.05) is 11.4 Å². The van der Waals surface area contributed by atoms with Gasteiger partial charge in [0.25, 0.3) is 0 Å². The molecule has 2 rings (SSSR count). The number of hydrogen-bond donors (Lipinski definition) is 0. The van der Waals surface area contributed by atoms with E-state index in [1.165, 1.54) is 0 Å². The molecule has 0 N–H and O–H groups in total. The van der Waals surface area contributed by atoms with Crippen LogP contribution in [0.3, 0.4) is 0 Å². The Bertz CT molecular complexity index is 522. The van der Waals surface area contributed by atoms with E-state index in [2.05, 4.69) is 4.98 Å². The van der Waals surface area contributed by atoms with Gasteiger partial charge in [0.1, 0.15) is 0 Å². The molecule has 0 unspecified atom stereocenters. The van der Waals surface area contributed by atoms with E-state index in [1.807, 2.05) is 44.2 Å². The first-order valence-corrected chi connectivity index (χ1v) is 6.84. The van der Waals surface area contributed by atoms with E-state index in [0.717, 1.165) is 16.3 Å². The van der Waals surface area contributed by atoms with Crippen LogP contribution in [0.15, 0.2) is 35.8 Å². The van der Waals surface area contributed by atoms with Crippen LogP contribution in [0.2, 0.25) is 0 Å². The number of hydrogen-bond acceptors (Lipinski definition) is 3. The molecule has 1 heterocycles. The third-order valence-corrected chi connectivity index (χ3v) is 3.78. The number of aryl methyl sites for hydroxylation is 1. The number of aromatic nitrogens is 1. The van der Waals surface area contributed by atoms with Crippen molar-refractivity contribution < 1.29 is 4.79 Å². The van der Waals surface area contributed by atoms with Gasteiger partial charge in [-0.05, 0) is 26.0 Å². The third kappa shape index (κ3) is 2.76. The quantitative estimate of drug-likeness (QED) is 0.846. The van der Waals surface area contributed by atoms with Crippen molar-refractivity contribution in [1.29, 1.82) is 0 Å². The zero-order valence-corrected chi connectivity index (χ0v) is 11.4. The highest BCUT2D eigenvalue weighted by Gasteiger charge is 2.16. The van der Waals surface area contributed by atoms with Crippen molar-refractivity contribution in [3.05, 3.63) is 46.4 Å². The molecule has 0 saturated carbocycles. The Morgan fingerprint density at radius 3 is 2.61 bits per heavy atom. The number of nitrogens with zero attached hydrogens (tertiary/aromatic N) is 2. The zero-order valence-electron chi connectivity index (χ0n) is 10.6. The summed E-state index contributed by atoms with van der Waals surface area (Å²) in [4.78, 5) is 19.3. The van der Waals surface area contributed by atoms with Crippen molar-refractivity contribution >= 4 is 22.9 Å². The number of amides is 1. The summed E-state index contributed by atoms with van der Waals surface area (Å²) >= 11 is 1.54. The smallest absolute Gasteiger partial charge is 0.232 e. The number of rotatable bonds is 4. The fourth-order valence-corrected chi connectivity index (χ4v) is 2.61. The van der Waals surface area contributed by atoms with Gasteiger partial charge in [0.15, 0.2) is 0 Å². The Morgan fingerprint density at radius 2 is 2.06 bits per heavy atom. The van der Waals surface area contributed by atoms with Gasteiger partial charge in [-0.3, -0.25) is 4.79 Å². The summed E-state index contributed by atoms with van der Waals surface area (Å²) in [6, 6.07) is 9.77. The van der Waals surface area contributed by atoms with Gasteiger partial charge in [-0.15, -0.1) is 11.3 Å². The summed E-state index contributed by atoms with van der Waals surface area (Å²) in [5.41, 5.74) is 3.70. The van der Waals surface area contributed by atoms with Gasteiger partial charge in [-0.25, -0.2) is 4.98 Å². The number of thiazole rings is 1. The maximum absolute atomic E-state index is 12.3. The largest absolute Gasteiger partial charge is 0.312 e. The molecular formula is C14H16N2OS. The van der Waals surface area contributed by atoms with E-state index in [4.69, 9.17) is 0 Å². The van der Waals surface area contributed by atoms with Crippen LogP contribution in [0.4, 0.5) is 5.69 Å². The molecule has 0 atom stereocenters. The monoisotopic (exact) mass is 260 g/mol. The van der Waals surface area contributed by atoms with Crippen LogP contribution < -0.4 is 4.90 Å². The molecule has 0 aliphatic carbocycles. The van der Waals surface area contributed by atoms with Gasteiger partial charge >= 0.3 is 0 Å². The highest BCUT2D eigenvalue weighted by Crippen LogP contribution is 2.18. The molecular weight excluding hydrogens is 244 g/mol. The molecule has 0 aliphatic rings. The predicted octanol–water partition coefficient (Wildman–Crippen LogP) is 3.05. The lowest BCUT2D eigenvalue weighted by Crippen LogP contribution is -2.31. The normalized spacial score (nSPS) is 10.3. The first-order chi connectivity index (χ1) is 8.72. The van der Waals surface area contributed by atoms with Gasteiger partial charge in [-0.2, -0.15) is 0 Å². The molecule has 0 saturated heterocycles. The topological polar surface area (TPSA) is 33.2 Å². The molecule has 0 spiro atoms. The SMILES string of the molecule is CCN(C(=O)Cc1scnc1C)c1ccccc1. The van der Waals surface area contributed by atoms with Crippen LogP contribution in [-0.2, 0) is 11.2 Å². The Morgan fingerprint density at radius 1 is 1.33 bits per heavy atom. The first kappa shape index (κ1) is 12.8. The standard InChI is InChI=1S/C14H16N2OS/c1-3-16(12-7-5-4-6-8-12)14(17)9-13-11(2)15-10-18-13/h4-8,10H,3,9H2,1-2H3. The Hall–Kier alpha value is -1.68. The molecule has 0 fully saturated rings. The maximum Gasteiger partial charge on any atom is 0.232 e. The third-order valence-electron chi connectivity index (χ3n) is 2.84. The molecule has 1 aromatic heterocycles. The van der Waals surface area contributed by atoms with Crippen LogP contribution in [0.5, 0.6) is 0 Å². The second kappa shape index (κ2) is 5.78. The van der Waals surface area contributed by atoms with Crippen LogP contribution in [0.25, 0.3) is 0 Å². The minimum Gasteiger partial charge on any atom is -0.312 e. The van der Waals surface area contributed by atoms with E-state index >= 15 is 0 Å². The summed E-state index contributed by atoms with van der Waals surface area (Å²) in [6.45, 7) is 4.61. The molecule has 1 aromatic carbocycles. The van der Waals surface area contributed by atoms with Crippen molar-refractivity contribution in [3.8, 4) is 0 Å². The second-order valence-corrected chi connectivity index (χ2v) is 4.95. The number of likely N-dealkylation sites (N-methyl/N-ethyl adjacent to an activating group) is 1. The highest BCUT2D eigenvalue weighted by atomic mass is 32.1. The molecule has 4 heteroatoms. The summed E-state index contributed by atoms with van der Waals surface area (Å²) < 4.78 is 0. The molecule has 18 heavy (non-hydrogen) atoms. The Balaban J connectivity index is 2.14. The molecule has 1 amide bonds. The zero-order chi connectivity index (χ0) is 13.0. The van der Waals surface area contributed by atoms with Crippen LogP contribution in [0, 0.1) is 6.92 Å². The minimum atomic E-state index is 0.121. The fraction of sp³-hybridized carbons (Fsp3) is 0.286. The number of carbonyl (C=O) groups is 1. The van der Waals surface area contributed by atoms with Crippen LogP contribution in [0.1, 0.15) is 17.5 Å². The first-order valence-electron chi connectivity index (χ1n) is 5.96. The van der Waals surface area contributed by atoms with E-state index in [-0.39, 0.29) is 5.91 Å². The van der Waals surface area contributed by atoms with Gasteiger partial charge in [0.2, 0.25) is 5.91 Å². The lowest BCUT2D eigenvalue weighted by Gasteiger charge is -2.20. The second-order valence-electron chi connectivity index (χ2n) is 4.01. The highest BCUT2D eigenvalue weighted by molar-refractivity contribution is 7.09. The lowest BCUT2D eigenvalue weighted by atomic mass is 10.2. The fourth-order valence-electron chi connectivity index (χ4n) is 1.84. The van der Waals surface area contributed by atoms with Gasteiger partial charge in [-0.1, -0.05) is 18.2 Å². The van der Waals surface area contributed by atoms with Gasteiger partial charge < -0.3 is 4.90 Å². The summed E-state index contributed by atoms with van der Waals surface area (Å²) in [5.74, 6) is 0.121. The Kier molecular flexibility index (Phi) is 4.10. The van der Waals surface area contributed by atoms with E-state index in [0.29, 0.717) is 13.0 Å². The number of benzene rings is 1. The van der Waals surface area contributed by atoms with E-state index < -0.39 is 0 Å². The van der Waals surface area contributed by atoms with Crippen molar-refractivity contribution in [2.24, 2.45) is 0 Å². The number of anilines is 1. The van der Waals surface area contributed by atoms with Gasteiger partial charge in [0.05, 0.1) is 17.6 Å². The predicted molar refractivity (Wildman–Crippen MR) is 75.0 cm³/mol. The summed E-state index contributed by atoms with van der Waals surface area (Å²) in [5, 5.41) is 0. The average molecular weight is 260 g/mol. The van der Waals surface area contributed by atoms with E-state index in [9.17, 15) is 4.79 Å². The lowest BCUT2D eigenvalue weighted by molar-refractivity contribution is -0.117.